The number of carbonyl (C=O) groups is 3. The zero-order valence-corrected chi connectivity index (χ0v) is 20.0. The zero-order valence-electron chi connectivity index (χ0n) is 20.0. The van der Waals surface area contributed by atoms with E-state index in [9.17, 15) is 19.5 Å². The molecule has 2 aliphatic carbocycles. The van der Waals surface area contributed by atoms with Crippen LogP contribution in [0, 0.1) is 5.92 Å². The third-order valence-electron chi connectivity index (χ3n) is 7.27. The van der Waals surface area contributed by atoms with Crippen LogP contribution >= 0.6 is 0 Å². The van der Waals surface area contributed by atoms with Crippen molar-refractivity contribution < 1.29 is 24.2 Å². The van der Waals surface area contributed by atoms with Crippen molar-refractivity contribution in [3.8, 4) is 11.1 Å². The molecule has 3 N–H and O–H groups in total. The molecule has 7 nitrogen and oxygen atoms in total. The van der Waals surface area contributed by atoms with Gasteiger partial charge in [0.15, 0.2) is 0 Å². The van der Waals surface area contributed by atoms with Crippen LogP contribution in [-0.4, -0.2) is 41.3 Å². The van der Waals surface area contributed by atoms with Gasteiger partial charge in [-0.15, -0.1) is 6.58 Å². The molecule has 184 valence electrons. The molecule has 2 aliphatic rings. The van der Waals surface area contributed by atoms with Gasteiger partial charge in [0.05, 0.1) is 11.5 Å². The SMILES string of the molecule is C=CCC(NC(=O)OCC1c2ccccc2-c2ccccc21)C(=O)NC1(C)CCCCC1C(=O)O. The number of carboxylic acid groups (broad SMARTS) is 1. The summed E-state index contributed by atoms with van der Waals surface area (Å²) < 4.78 is 5.58. The van der Waals surface area contributed by atoms with Crippen molar-refractivity contribution in [2.75, 3.05) is 6.61 Å². The van der Waals surface area contributed by atoms with Gasteiger partial charge in [0.25, 0.3) is 0 Å². The van der Waals surface area contributed by atoms with E-state index in [4.69, 9.17) is 4.74 Å². The molecule has 4 rings (SSSR count). The van der Waals surface area contributed by atoms with Gasteiger partial charge in [0, 0.05) is 5.92 Å². The maximum absolute atomic E-state index is 13.1. The van der Waals surface area contributed by atoms with Gasteiger partial charge in [0.1, 0.15) is 12.6 Å². The first-order chi connectivity index (χ1) is 16.8. The molecule has 0 saturated heterocycles. The Morgan fingerprint density at radius 3 is 2.34 bits per heavy atom. The smallest absolute Gasteiger partial charge is 0.407 e. The lowest BCUT2D eigenvalue weighted by molar-refractivity contribution is -0.146. The Bertz CT molecular complexity index is 1080. The second-order valence-corrected chi connectivity index (χ2v) is 9.59. The van der Waals surface area contributed by atoms with Crippen LogP contribution in [0.25, 0.3) is 11.1 Å². The van der Waals surface area contributed by atoms with Crippen LogP contribution in [-0.2, 0) is 14.3 Å². The maximum atomic E-state index is 13.1. The fraction of sp³-hybridized carbons (Fsp3) is 0.393. The zero-order chi connectivity index (χ0) is 25.0. The number of amides is 2. The lowest BCUT2D eigenvalue weighted by atomic mass is 9.73. The third kappa shape index (κ3) is 5.09. The second-order valence-electron chi connectivity index (χ2n) is 9.59. The highest BCUT2D eigenvalue weighted by molar-refractivity contribution is 5.87. The molecular formula is C28H32N2O5. The van der Waals surface area contributed by atoms with Crippen LogP contribution in [0.3, 0.4) is 0 Å². The minimum absolute atomic E-state index is 0.0858. The highest BCUT2D eigenvalue weighted by atomic mass is 16.5. The molecule has 2 amide bonds. The van der Waals surface area contributed by atoms with Gasteiger partial charge >= 0.3 is 12.1 Å². The Morgan fingerprint density at radius 1 is 1.11 bits per heavy atom. The minimum atomic E-state index is -0.919. The van der Waals surface area contributed by atoms with E-state index < -0.39 is 35.5 Å². The number of alkyl carbamates (subject to hydrolysis) is 1. The van der Waals surface area contributed by atoms with Gasteiger partial charge in [-0.2, -0.15) is 0 Å². The lowest BCUT2D eigenvalue weighted by Crippen LogP contribution is -2.59. The molecule has 35 heavy (non-hydrogen) atoms. The average molecular weight is 477 g/mol. The maximum Gasteiger partial charge on any atom is 0.407 e. The van der Waals surface area contributed by atoms with Crippen LogP contribution in [0.4, 0.5) is 4.79 Å². The van der Waals surface area contributed by atoms with Crippen LogP contribution in [0.15, 0.2) is 61.2 Å². The van der Waals surface area contributed by atoms with E-state index in [-0.39, 0.29) is 18.9 Å². The summed E-state index contributed by atoms with van der Waals surface area (Å²) in [6, 6.07) is 15.2. The second kappa shape index (κ2) is 10.3. The molecule has 3 unspecified atom stereocenters. The molecule has 0 aromatic heterocycles. The van der Waals surface area contributed by atoms with Crippen molar-refractivity contribution in [3.63, 3.8) is 0 Å². The first-order valence-corrected chi connectivity index (χ1v) is 12.1. The molecule has 0 bridgehead atoms. The molecule has 0 aliphatic heterocycles. The summed E-state index contributed by atoms with van der Waals surface area (Å²) in [5.74, 6) is -2.11. The van der Waals surface area contributed by atoms with Crippen molar-refractivity contribution in [2.45, 2.75) is 56.5 Å². The van der Waals surface area contributed by atoms with Gasteiger partial charge < -0.3 is 20.5 Å². The van der Waals surface area contributed by atoms with E-state index in [0.29, 0.717) is 12.8 Å². The summed E-state index contributed by atoms with van der Waals surface area (Å²) in [7, 11) is 0. The minimum Gasteiger partial charge on any atom is -0.481 e. The lowest BCUT2D eigenvalue weighted by Gasteiger charge is -2.40. The predicted octanol–water partition coefficient (Wildman–Crippen LogP) is 4.62. The summed E-state index contributed by atoms with van der Waals surface area (Å²) in [5, 5.41) is 15.2. The number of aliphatic carboxylic acids is 1. The molecular weight excluding hydrogens is 444 g/mol. The fourth-order valence-corrected chi connectivity index (χ4v) is 5.43. The first kappa shape index (κ1) is 24.5. The van der Waals surface area contributed by atoms with E-state index in [1.807, 2.05) is 36.4 Å². The number of benzene rings is 2. The number of hydrogen-bond acceptors (Lipinski definition) is 4. The van der Waals surface area contributed by atoms with Crippen molar-refractivity contribution in [2.24, 2.45) is 5.92 Å². The summed E-state index contributed by atoms with van der Waals surface area (Å²) in [6.07, 6.45) is 3.79. The Kier molecular flexibility index (Phi) is 7.24. The van der Waals surface area contributed by atoms with E-state index in [2.05, 4.69) is 29.3 Å². The van der Waals surface area contributed by atoms with Crippen molar-refractivity contribution in [1.29, 1.82) is 0 Å². The Hall–Kier alpha value is -3.61. The number of nitrogens with one attached hydrogen (secondary N) is 2. The number of carboxylic acids is 1. The van der Waals surface area contributed by atoms with Crippen molar-refractivity contribution in [3.05, 3.63) is 72.3 Å². The number of rotatable bonds is 8. The molecule has 0 heterocycles. The number of hydrogen-bond donors (Lipinski definition) is 3. The molecule has 0 spiro atoms. The van der Waals surface area contributed by atoms with Gasteiger partial charge in [-0.05, 0) is 48.4 Å². The summed E-state index contributed by atoms with van der Waals surface area (Å²) in [5.41, 5.74) is 3.60. The normalized spacial score (nSPS) is 21.8. The summed E-state index contributed by atoms with van der Waals surface area (Å²) in [4.78, 5) is 37.5. The number of fused-ring (bicyclic) bond motifs is 3. The van der Waals surface area contributed by atoms with Crippen LogP contribution in [0.1, 0.15) is 56.1 Å². The highest BCUT2D eigenvalue weighted by Crippen LogP contribution is 2.44. The monoisotopic (exact) mass is 476 g/mol. The molecule has 2 aromatic carbocycles. The Morgan fingerprint density at radius 2 is 1.74 bits per heavy atom. The van der Waals surface area contributed by atoms with E-state index in [0.717, 1.165) is 35.1 Å². The van der Waals surface area contributed by atoms with Gasteiger partial charge in [-0.1, -0.05) is 67.4 Å². The van der Waals surface area contributed by atoms with E-state index in [1.54, 1.807) is 13.0 Å². The third-order valence-corrected chi connectivity index (χ3v) is 7.27. The number of ether oxygens (including phenoxy) is 1. The van der Waals surface area contributed by atoms with Gasteiger partial charge in [-0.3, -0.25) is 9.59 Å². The molecule has 7 heteroatoms. The molecule has 0 radical (unpaired) electrons. The van der Waals surface area contributed by atoms with Crippen molar-refractivity contribution in [1.82, 2.24) is 10.6 Å². The summed E-state index contributed by atoms with van der Waals surface area (Å²) in [6.45, 7) is 5.60. The standard InChI is InChI=1S/C28H32N2O5/c1-3-10-24(25(31)30-28(2)16-9-8-15-23(28)26(32)33)29-27(34)35-17-22-20-13-6-4-11-18(20)19-12-5-7-14-21(19)22/h3-7,11-14,22-24H,1,8-10,15-17H2,2H3,(H,29,34)(H,30,31)(H,32,33). The fourth-order valence-electron chi connectivity index (χ4n) is 5.43. The quantitative estimate of drug-likeness (QED) is 0.482. The number of carbonyl (C=O) groups excluding carboxylic acids is 2. The van der Waals surface area contributed by atoms with Crippen LogP contribution in [0.5, 0.6) is 0 Å². The van der Waals surface area contributed by atoms with Gasteiger partial charge in [-0.25, -0.2) is 4.79 Å². The van der Waals surface area contributed by atoms with E-state index in [1.165, 1.54) is 0 Å². The predicted molar refractivity (Wildman–Crippen MR) is 133 cm³/mol. The van der Waals surface area contributed by atoms with Crippen molar-refractivity contribution >= 4 is 18.0 Å². The summed E-state index contributed by atoms with van der Waals surface area (Å²) >= 11 is 0. The molecule has 1 fully saturated rings. The van der Waals surface area contributed by atoms with Gasteiger partial charge in [0.2, 0.25) is 5.91 Å². The Labute approximate surface area is 205 Å². The first-order valence-electron chi connectivity index (χ1n) is 12.1. The molecule has 2 aromatic rings. The van der Waals surface area contributed by atoms with Crippen LogP contribution < -0.4 is 10.6 Å². The Balaban J connectivity index is 1.41. The highest BCUT2D eigenvalue weighted by Gasteiger charge is 2.43. The van der Waals surface area contributed by atoms with Crippen LogP contribution in [0.2, 0.25) is 0 Å². The average Bonchev–Trinajstić information content (AvgIpc) is 3.16. The topological polar surface area (TPSA) is 105 Å². The molecule has 1 saturated carbocycles. The van der Waals surface area contributed by atoms with E-state index >= 15 is 0 Å². The molecule has 3 atom stereocenters. The largest absolute Gasteiger partial charge is 0.481 e.